The van der Waals surface area contributed by atoms with Gasteiger partial charge in [0.05, 0.1) is 17.6 Å². The molecule has 0 saturated carbocycles. The van der Waals surface area contributed by atoms with Crippen molar-refractivity contribution in [2.45, 2.75) is 25.9 Å². The third-order valence-corrected chi connectivity index (χ3v) is 5.60. The van der Waals surface area contributed by atoms with Crippen LogP contribution in [0.2, 0.25) is 0 Å². The average molecular weight is 428 g/mol. The van der Waals surface area contributed by atoms with Crippen molar-refractivity contribution in [2.75, 3.05) is 6.54 Å². The third kappa shape index (κ3) is 4.54. The minimum atomic E-state index is -0.703. The van der Waals surface area contributed by atoms with Gasteiger partial charge in [-0.1, -0.05) is 79.7 Å². The lowest BCUT2D eigenvalue weighted by molar-refractivity contribution is -0.121. The highest BCUT2D eigenvalue weighted by atomic mass is 16.2. The predicted octanol–water partition coefficient (Wildman–Crippen LogP) is 3.13. The van der Waals surface area contributed by atoms with Crippen molar-refractivity contribution in [1.29, 1.82) is 0 Å². The van der Waals surface area contributed by atoms with Crippen LogP contribution in [-0.2, 0) is 17.9 Å². The molecule has 0 unspecified atom stereocenters. The number of para-hydroxylation sites is 2. The highest BCUT2D eigenvalue weighted by Crippen LogP contribution is 2.14. The molecule has 1 heterocycles. The molecule has 3 aromatic carbocycles. The molecule has 4 rings (SSSR count). The fourth-order valence-corrected chi connectivity index (χ4v) is 3.82. The number of nitrogens with one attached hydrogen (secondary N) is 1. The summed E-state index contributed by atoms with van der Waals surface area (Å²) in [6.07, 6.45) is 0. The van der Waals surface area contributed by atoms with Gasteiger partial charge in [0.1, 0.15) is 6.54 Å². The maximum atomic E-state index is 12.9. The van der Waals surface area contributed by atoms with Crippen LogP contribution in [0, 0.1) is 0 Å². The van der Waals surface area contributed by atoms with Crippen molar-refractivity contribution < 1.29 is 4.79 Å². The van der Waals surface area contributed by atoms with E-state index in [0.29, 0.717) is 17.6 Å². The molecular formula is C26H25N3O3. The van der Waals surface area contributed by atoms with Crippen LogP contribution in [0.25, 0.3) is 11.0 Å². The van der Waals surface area contributed by atoms with E-state index in [9.17, 15) is 14.4 Å². The van der Waals surface area contributed by atoms with E-state index in [1.54, 1.807) is 18.2 Å². The van der Waals surface area contributed by atoms with Crippen LogP contribution in [-0.4, -0.2) is 21.6 Å². The Balaban J connectivity index is 1.60. The molecule has 0 aliphatic rings. The van der Waals surface area contributed by atoms with Gasteiger partial charge in [-0.25, -0.2) is 0 Å². The molecule has 1 N–H and O–H groups in total. The number of nitrogens with zero attached hydrogens (tertiary/aromatic N) is 2. The number of fused-ring (bicyclic) bond motifs is 1. The predicted molar refractivity (Wildman–Crippen MR) is 126 cm³/mol. The summed E-state index contributed by atoms with van der Waals surface area (Å²) in [4.78, 5) is 38.5. The molecule has 1 atom stereocenters. The van der Waals surface area contributed by atoms with Crippen LogP contribution in [0.4, 0.5) is 0 Å². The van der Waals surface area contributed by atoms with Gasteiger partial charge < -0.3 is 5.32 Å². The van der Waals surface area contributed by atoms with Gasteiger partial charge in [0.15, 0.2) is 0 Å². The Bertz CT molecular complexity index is 1340. The lowest BCUT2D eigenvalue weighted by atomic mass is 10.0. The molecule has 0 spiro atoms. The molecule has 6 nitrogen and oxygen atoms in total. The first-order valence-corrected chi connectivity index (χ1v) is 10.6. The normalized spacial score (nSPS) is 11.9. The molecule has 162 valence electrons. The molecule has 1 aromatic heterocycles. The zero-order chi connectivity index (χ0) is 22.5. The van der Waals surface area contributed by atoms with Crippen LogP contribution in [0.1, 0.15) is 24.0 Å². The minimum absolute atomic E-state index is 0.132. The summed E-state index contributed by atoms with van der Waals surface area (Å²) in [5.41, 5.74) is 1.87. The molecule has 4 aromatic rings. The summed E-state index contributed by atoms with van der Waals surface area (Å²) in [5, 5.41) is 2.89. The average Bonchev–Trinajstić information content (AvgIpc) is 2.84. The zero-order valence-corrected chi connectivity index (χ0v) is 17.9. The van der Waals surface area contributed by atoms with Crippen molar-refractivity contribution in [2.24, 2.45) is 0 Å². The number of carbonyl (C=O) groups excluding carboxylic acids is 1. The molecule has 0 bridgehead atoms. The van der Waals surface area contributed by atoms with Crippen LogP contribution in [0.15, 0.2) is 94.5 Å². The summed E-state index contributed by atoms with van der Waals surface area (Å²) in [5.74, 6) is -0.173. The monoisotopic (exact) mass is 427 g/mol. The lowest BCUT2D eigenvalue weighted by Gasteiger charge is -2.16. The van der Waals surface area contributed by atoms with Gasteiger partial charge in [-0.2, -0.15) is 0 Å². The van der Waals surface area contributed by atoms with E-state index in [2.05, 4.69) is 5.32 Å². The number of hydrogen-bond donors (Lipinski definition) is 1. The number of rotatable bonds is 7. The maximum absolute atomic E-state index is 12.9. The van der Waals surface area contributed by atoms with Gasteiger partial charge in [0.25, 0.3) is 0 Å². The summed E-state index contributed by atoms with van der Waals surface area (Å²) in [7, 11) is 0. The molecule has 6 heteroatoms. The molecule has 0 radical (unpaired) electrons. The van der Waals surface area contributed by atoms with Crippen LogP contribution < -0.4 is 16.4 Å². The van der Waals surface area contributed by atoms with E-state index in [1.165, 1.54) is 9.13 Å². The molecule has 0 aliphatic heterocycles. The van der Waals surface area contributed by atoms with Crippen molar-refractivity contribution in [3.8, 4) is 0 Å². The van der Waals surface area contributed by atoms with E-state index < -0.39 is 11.1 Å². The van der Waals surface area contributed by atoms with Crippen LogP contribution in [0.5, 0.6) is 0 Å². The Labute approximate surface area is 185 Å². The summed E-state index contributed by atoms with van der Waals surface area (Å²) >= 11 is 0. The smallest absolute Gasteiger partial charge is 0.317 e. The SMILES string of the molecule is C[C@H](CNC(=O)Cn1c(=O)c(=O)n(Cc2ccccc2)c2ccccc21)c1ccccc1. The second-order valence-corrected chi connectivity index (χ2v) is 7.87. The lowest BCUT2D eigenvalue weighted by Crippen LogP contribution is -2.44. The largest absolute Gasteiger partial charge is 0.354 e. The second kappa shape index (κ2) is 9.47. The number of aromatic nitrogens is 2. The fraction of sp³-hybridized carbons (Fsp3) is 0.192. The number of hydrogen-bond acceptors (Lipinski definition) is 3. The first-order valence-electron chi connectivity index (χ1n) is 10.6. The summed E-state index contributed by atoms with van der Waals surface area (Å²) in [6, 6.07) is 26.6. The summed E-state index contributed by atoms with van der Waals surface area (Å²) in [6.45, 7) is 2.56. The van der Waals surface area contributed by atoms with Gasteiger partial charge in [0, 0.05) is 6.54 Å². The Kier molecular flexibility index (Phi) is 6.31. The summed E-state index contributed by atoms with van der Waals surface area (Å²) < 4.78 is 2.74. The van der Waals surface area contributed by atoms with E-state index >= 15 is 0 Å². The molecule has 0 saturated heterocycles. The quantitative estimate of drug-likeness (QED) is 0.461. The standard InChI is InChI=1S/C26H25N3O3/c1-19(21-12-6-3-7-13-21)16-27-24(30)18-29-23-15-9-8-14-22(23)28(25(31)26(29)32)17-20-10-4-2-5-11-20/h2-15,19H,16-18H2,1H3,(H,27,30)/t19-/m1/s1. The second-order valence-electron chi connectivity index (χ2n) is 7.87. The van der Waals surface area contributed by atoms with Crippen molar-refractivity contribution in [3.63, 3.8) is 0 Å². The maximum Gasteiger partial charge on any atom is 0.317 e. The van der Waals surface area contributed by atoms with Crippen molar-refractivity contribution in [3.05, 3.63) is 117 Å². The molecule has 0 aliphatic carbocycles. The first-order chi connectivity index (χ1) is 15.5. The Morgan fingerprint density at radius 3 is 1.97 bits per heavy atom. The molecule has 32 heavy (non-hydrogen) atoms. The molecule has 1 amide bonds. The van der Waals surface area contributed by atoms with Crippen LogP contribution in [0.3, 0.4) is 0 Å². The van der Waals surface area contributed by atoms with Gasteiger partial charge in [-0.3, -0.25) is 23.5 Å². The Hall–Kier alpha value is -3.93. The van der Waals surface area contributed by atoms with Gasteiger partial charge in [-0.15, -0.1) is 0 Å². The number of amides is 1. The third-order valence-electron chi connectivity index (χ3n) is 5.60. The van der Waals surface area contributed by atoms with E-state index in [4.69, 9.17) is 0 Å². The minimum Gasteiger partial charge on any atom is -0.354 e. The Morgan fingerprint density at radius 2 is 1.31 bits per heavy atom. The van der Waals surface area contributed by atoms with Gasteiger partial charge in [0.2, 0.25) is 5.91 Å². The number of benzene rings is 3. The van der Waals surface area contributed by atoms with Crippen molar-refractivity contribution in [1.82, 2.24) is 14.5 Å². The fourth-order valence-electron chi connectivity index (χ4n) is 3.82. The van der Waals surface area contributed by atoms with E-state index in [1.807, 2.05) is 73.7 Å². The van der Waals surface area contributed by atoms with Gasteiger partial charge in [-0.05, 0) is 29.2 Å². The zero-order valence-electron chi connectivity index (χ0n) is 17.9. The van der Waals surface area contributed by atoms with E-state index in [0.717, 1.165) is 11.1 Å². The highest BCUT2D eigenvalue weighted by molar-refractivity contribution is 5.80. The highest BCUT2D eigenvalue weighted by Gasteiger charge is 2.16. The number of carbonyl (C=O) groups is 1. The Morgan fingerprint density at radius 1 is 0.781 bits per heavy atom. The molecular weight excluding hydrogens is 402 g/mol. The first kappa shape index (κ1) is 21.3. The van der Waals surface area contributed by atoms with Crippen molar-refractivity contribution >= 4 is 16.9 Å². The van der Waals surface area contributed by atoms with E-state index in [-0.39, 0.29) is 24.9 Å². The topological polar surface area (TPSA) is 73.1 Å². The van der Waals surface area contributed by atoms with Gasteiger partial charge >= 0.3 is 11.1 Å². The molecule has 0 fully saturated rings. The van der Waals surface area contributed by atoms with Crippen LogP contribution >= 0.6 is 0 Å².